The number of rotatable bonds is 1. The van der Waals surface area contributed by atoms with Gasteiger partial charge in [-0.15, -0.1) is 0 Å². The molecule has 0 bridgehead atoms. The lowest BCUT2D eigenvalue weighted by Gasteiger charge is -1.98. The molecule has 2 rings (SSSR count). The van der Waals surface area contributed by atoms with Gasteiger partial charge in [-0.1, -0.05) is 0 Å². The van der Waals surface area contributed by atoms with Crippen LogP contribution >= 0.6 is 15.9 Å². The number of ketones is 1. The van der Waals surface area contributed by atoms with Crippen LogP contribution in [0.2, 0.25) is 0 Å². The number of carbonyl (C=O) groups is 1. The van der Waals surface area contributed by atoms with Gasteiger partial charge in [0.1, 0.15) is 5.82 Å². The number of hydrogen-bond acceptors (Lipinski definition) is 1. The molecule has 0 amide bonds. The molecule has 0 saturated carbocycles. The number of halogens is 2. The highest BCUT2D eigenvalue weighted by molar-refractivity contribution is 9.10. The Morgan fingerprint density at radius 3 is 2.73 bits per heavy atom. The largest absolute Gasteiger partial charge is 0.350 e. The number of fused-ring (bicyclic) bond motifs is 1. The third kappa shape index (κ3) is 1.59. The van der Waals surface area contributed by atoms with Gasteiger partial charge in [-0.05, 0) is 35.0 Å². The normalized spacial score (nSPS) is 10.9. The third-order valence-electron chi connectivity index (χ3n) is 2.41. The van der Waals surface area contributed by atoms with Crippen molar-refractivity contribution in [1.82, 2.24) is 4.57 Å². The van der Waals surface area contributed by atoms with Crippen LogP contribution in [0.5, 0.6) is 0 Å². The molecule has 2 nitrogen and oxygen atoms in total. The Morgan fingerprint density at radius 2 is 2.13 bits per heavy atom. The van der Waals surface area contributed by atoms with Crippen molar-refractivity contribution in [2.75, 3.05) is 0 Å². The standard InChI is InChI=1S/C11H9BrFNO/c1-6(15)8-5-14(2)11-4-10(13)9(12)3-7(8)11/h3-5H,1-2H3. The van der Waals surface area contributed by atoms with Crippen molar-refractivity contribution in [2.24, 2.45) is 7.05 Å². The summed E-state index contributed by atoms with van der Waals surface area (Å²) in [4.78, 5) is 11.3. The summed E-state index contributed by atoms with van der Waals surface area (Å²) in [7, 11) is 1.79. The number of carbonyl (C=O) groups excluding carboxylic acids is 1. The molecule has 0 aliphatic rings. The smallest absolute Gasteiger partial charge is 0.161 e. The highest BCUT2D eigenvalue weighted by Crippen LogP contribution is 2.27. The molecule has 0 atom stereocenters. The molecule has 0 spiro atoms. The maximum atomic E-state index is 13.3. The highest BCUT2D eigenvalue weighted by atomic mass is 79.9. The molecule has 1 aromatic heterocycles. The van der Waals surface area contributed by atoms with E-state index in [0.717, 1.165) is 10.9 Å². The van der Waals surface area contributed by atoms with E-state index in [1.54, 1.807) is 23.9 Å². The van der Waals surface area contributed by atoms with E-state index in [0.29, 0.717) is 10.0 Å². The summed E-state index contributed by atoms with van der Waals surface area (Å²) in [6.45, 7) is 1.51. The zero-order chi connectivity index (χ0) is 11.2. The van der Waals surface area contributed by atoms with Gasteiger partial charge in [0.25, 0.3) is 0 Å². The lowest BCUT2D eigenvalue weighted by Crippen LogP contribution is -1.89. The van der Waals surface area contributed by atoms with Crippen molar-refractivity contribution in [3.63, 3.8) is 0 Å². The van der Waals surface area contributed by atoms with E-state index in [4.69, 9.17) is 0 Å². The Labute approximate surface area is 94.8 Å². The molecule has 0 aliphatic heterocycles. The van der Waals surface area contributed by atoms with Crippen LogP contribution in [-0.4, -0.2) is 10.4 Å². The summed E-state index contributed by atoms with van der Waals surface area (Å²) >= 11 is 3.11. The van der Waals surface area contributed by atoms with E-state index >= 15 is 0 Å². The van der Waals surface area contributed by atoms with Gasteiger partial charge in [0.15, 0.2) is 5.78 Å². The summed E-state index contributed by atoms with van der Waals surface area (Å²) in [6, 6.07) is 3.06. The van der Waals surface area contributed by atoms with Crippen LogP contribution in [0.4, 0.5) is 4.39 Å². The summed E-state index contributed by atoms with van der Waals surface area (Å²) in [6.07, 6.45) is 1.72. The average Bonchev–Trinajstić information content (AvgIpc) is 2.45. The SMILES string of the molecule is CC(=O)c1cn(C)c2cc(F)c(Br)cc12. The second kappa shape index (κ2) is 3.45. The lowest BCUT2D eigenvalue weighted by molar-refractivity contribution is 0.101. The first kappa shape index (κ1) is 10.4. The highest BCUT2D eigenvalue weighted by Gasteiger charge is 2.12. The van der Waals surface area contributed by atoms with Crippen molar-refractivity contribution < 1.29 is 9.18 Å². The molecule has 1 heterocycles. The average molecular weight is 270 g/mol. The van der Waals surface area contributed by atoms with Crippen LogP contribution in [0, 0.1) is 5.82 Å². The molecule has 0 unspecified atom stereocenters. The van der Waals surface area contributed by atoms with Gasteiger partial charge in [-0.2, -0.15) is 0 Å². The number of nitrogens with zero attached hydrogens (tertiary/aromatic N) is 1. The molecule has 15 heavy (non-hydrogen) atoms. The first-order valence-corrected chi connectivity index (χ1v) is 5.25. The molecule has 0 saturated heterocycles. The molecule has 0 N–H and O–H groups in total. The van der Waals surface area contributed by atoms with E-state index < -0.39 is 0 Å². The van der Waals surface area contributed by atoms with Gasteiger partial charge >= 0.3 is 0 Å². The fraction of sp³-hybridized carbons (Fsp3) is 0.182. The van der Waals surface area contributed by atoms with E-state index in [-0.39, 0.29) is 11.6 Å². The van der Waals surface area contributed by atoms with E-state index in [9.17, 15) is 9.18 Å². The predicted molar refractivity (Wildman–Crippen MR) is 60.6 cm³/mol. The van der Waals surface area contributed by atoms with Crippen LogP contribution in [0.1, 0.15) is 17.3 Å². The van der Waals surface area contributed by atoms with Crippen molar-refractivity contribution in [1.29, 1.82) is 0 Å². The number of Topliss-reactive ketones (excluding diaryl/α,β-unsaturated/α-hetero) is 1. The summed E-state index contributed by atoms with van der Waals surface area (Å²) in [5.74, 6) is -0.335. The molecule has 0 radical (unpaired) electrons. The van der Waals surface area contributed by atoms with E-state index in [1.165, 1.54) is 13.0 Å². The second-order valence-corrected chi connectivity index (χ2v) is 4.35. The Hall–Kier alpha value is -1.16. The van der Waals surface area contributed by atoms with Crippen molar-refractivity contribution in [2.45, 2.75) is 6.92 Å². The number of benzene rings is 1. The first-order chi connectivity index (χ1) is 7.00. The Bertz CT molecular complexity index is 559. The Balaban J connectivity index is 2.88. The molecule has 0 fully saturated rings. The summed E-state index contributed by atoms with van der Waals surface area (Å²) in [5.41, 5.74) is 1.34. The van der Waals surface area contributed by atoms with Gasteiger partial charge in [0.05, 0.1) is 9.99 Å². The fourth-order valence-electron chi connectivity index (χ4n) is 1.66. The minimum Gasteiger partial charge on any atom is -0.350 e. The molecule has 2 aromatic rings. The van der Waals surface area contributed by atoms with Crippen LogP contribution < -0.4 is 0 Å². The number of hydrogen-bond donors (Lipinski definition) is 0. The minimum absolute atomic E-state index is 0.0147. The summed E-state index contributed by atoms with van der Waals surface area (Å²) < 4.78 is 15.4. The van der Waals surface area contributed by atoms with Crippen LogP contribution in [0.3, 0.4) is 0 Å². The third-order valence-corrected chi connectivity index (χ3v) is 3.02. The topological polar surface area (TPSA) is 22.0 Å². The fourth-order valence-corrected chi connectivity index (χ4v) is 2.00. The molecule has 4 heteroatoms. The first-order valence-electron chi connectivity index (χ1n) is 4.45. The van der Waals surface area contributed by atoms with Gasteiger partial charge in [0, 0.05) is 24.2 Å². The molecule has 78 valence electrons. The van der Waals surface area contributed by atoms with Gasteiger partial charge < -0.3 is 4.57 Å². The van der Waals surface area contributed by atoms with Crippen LogP contribution in [0.25, 0.3) is 10.9 Å². The zero-order valence-corrected chi connectivity index (χ0v) is 9.93. The quantitative estimate of drug-likeness (QED) is 0.729. The maximum absolute atomic E-state index is 13.3. The summed E-state index contributed by atoms with van der Waals surface area (Å²) in [5, 5.41) is 0.776. The lowest BCUT2D eigenvalue weighted by atomic mass is 10.1. The van der Waals surface area contributed by atoms with Gasteiger partial charge in [-0.3, -0.25) is 4.79 Å². The van der Waals surface area contributed by atoms with Crippen molar-refractivity contribution in [3.05, 3.63) is 34.2 Å². The Kier molecular flexibility index (Phi) is 2.38. The zero-order valence-electron chi connectivity index (χ0n) is 8.34. The Morgan fingerprint density at radius 1 is 1.47 bits per heavy atom. The molecular formula is C11H9BrFNO. The number of aromatic nitrogens is 1. The van der Waals surface area contributed by atoms with Crippen LogP contribution in [-0.2, 0) is 7.05 Å². The maximum Gasteiger partial charge on any atom is 0.161 e. The molecule has 0 aliphatic carbocycles. The van der Waals surface area contributed by atoms with Crippen LogP contribution in [0.15, 0.2) is 22.8 Å². The second-order valence-electron chi connectivity index (χ2n) is 3.49. The predicted octanol–water partition coefficient (Wildman–Crippen LogP) is 3.28. The number of aryl methyl sites for hydroxylation is 1. The monoisotopic (exact) mass is 269 g/mol. The van der Waals surface area contributed by atoms with Gasteiger partial charge in [-0.25, -0.2) is 4.39 Å². The van der Waals surface area contributed by atoms with Crippen molar-refractivity contribution >= 4 is 32.6 Å². The van der Waals surface area contributed by atoms with E-state index in [1.807, 2.05) is 0 Å². The van der Waals surface area contributed by atoms with Gasteiger partial charge in [0.2, 0.25) is 0 Å². The molecular weight excluding hydrogens is 261 g/mol. The molecule has 1 aromatic carbocycles. The van der Waals surface area contributed by atoms with Crippen molar-refractivity contribution in [3.8, 4) is 0 Å². The van der Waals surface area contributed by atoms with E-state index in [2.05, 4.69) is 15.9 Å². The minimum atomic E-state index is -0.321.